The highest BCUT2D eigenvalue weighted by atomic mass is 32.1. The summed E-state index contributed by atoms with van der Waals surface area (Å²) in [7, 11) is 1.42. The van der Waals surface area contributed by atoms with Crippen molar-refractivity contribution in [1.29, 1.82) is 0 Å². The summed E-state index contributed by atoms with van der Waals surface area (Å²) in [5.74, 6) is -0.174. The first-order valence-electron chi connectivity index (χ1n) is 3.75. The van der Waals surface area contributed by atoms with Crippen LogP contribution in [-0.2, 0) is 6.42 Å². The summed E-state index contributed by atoms with van der Waals surface area (Å²) in [5.41, 5.74) is 5.77. The van der Waals surface area contributed by atoms with E-state index in [0.29, 0.717) is 5.56 Å². The highest BCUT2D eigenvalue weighted by Gasteiger charge is 2.08. The molecule has 0 amide bonds. The molecule has 0 spiro atoms. The monoisotopic (exact) mass is 199 g/mol. The van der Waals surface area contributed by atoms with Crippen LogP contribution in [0.25, 0.3) is 0 Å². The predicted molar refractivity (Wildman–Crippen MR) is 53.4 cm³/mol. The lowest BCUT2D eigenvalue weighted by Gasteiger charge is -2.05. The first kappa shape index (κ1) is 9.92. The lowest BCUT2D eigenvalue weighted by atomic mass is 10.1. The van der Waals surface area contributed by atoms with Crippen molar-refractivity contribution < 1.29 is 9.13 Å². The van der Waals surface area contributed by atoms with Crippen molar-refractivity contribution >= 4 is 17.2 Å². The van der Waals surface area contributed by atoms with Crippen molar-refractivity contribution in [2.75, 3.05) is 7.11 Å². The molecule has 0 saturated heterocycles. The quantitative estimate of drug-likeness (QED) is 0.752. The van der Waals surface area contributed by atoms with Crippen LogP contribution in [0, 0.1) is 5.82 Å². The smallest absolute Gasteiger partial charge is 0.168 e. The van der Waals surface area contributed by atoms with Crippen molar-refractivity contribution in [3.05, 3.63) is 29.6 Å². The van der Waals surface area contributed by atoms with Gasteiger partial charge >= 0.3 is 0 Å². The molecular weight excluding hydrogens is 189 g/mol. The summed E-state index contributed by atoms with van der Waals surface area (Å²) in [5, 5.41) is 0. The summed E-state index contributed by atoms with van der Waals surface area (Å²) in [6, 6.07) is 4.89. The molecule has 0 unspecified atom stereocenters. The van der Waals surface area contributed by atoms with Crippen LogP contribution in [0.15, 0.2) is 18.2 Å². The van der Waals surface area contributed by atoms with Crippen LogP contribution in [0.5, 0.6) is 5.75 Å². The van der Waals surface area contributed by atoms with Gasteiger partial charge in [-0.2, -0.15) is 0 Å². The summed E-state index contributed by atoms with van der Waals surface area (Å²) in [6.45, 7) is 0. The van der Waals surface area contributed by atoms with Crippen LogP contribution in [0.1, 0.15) is 5.56 Å². The summed E-state index contributed by atoms with van der Waals surface area (Å²) in [4.78, 5) is 0.271. The zero-order valence-corrected chi connectivity index (χ0v) is 8.03. The van der Waals surface area contributed by atoms with E-state index in [9.17, 15) is 4.39 Å². The zero-order valence-electron chi connectivity index (χ0n) is 7.21. The Bertz CT molecular complexity index is 327. The SMILES string of the molecule is COc1cccc(CC(N)=S)c1F. The topological polar surface area (TPSA) is 35.2 Å². The molecule has 0 saturated carbocycles. The Morgan fingerprint density at radius 2 is 2.31 bits per heavy atom. The van der Waals surface area contributed by atoms with Crippen LogP contribution >= 0.6 is 12.2 Å². The highest BCUT2D eigenvalue weighted by molar-refractivity contribution is 7.80. The van der Waals surface area contributed by atoms with Gasteiger partial charge in [-0.1, -0.05) is 24.4 Å². The maximum absolute atomic E-state index is 13.4. The van der Waals surface area contributed by atoms with Gasteiger partial charge in [0.25, 0.3) is 0 Å². The Morgan fingerprint density at radius 1 is 1.62 bits per heavy atom. The molecule has 1 aromatic carbocycles. The van der Waals surface area contributed by atoms with Crippen LogP contribution in [-0.4, -0.2) is 12.1 Å². The van der Waals surface area contributed by atoms with Crippen LogP contribution in [0.2, 0.25) is 0 Å². The van der Waals surface area contributed by atoms with Crippen molar-refractivity contribution in [3.63, 3.8) is 0 Å². The average Bonchev–Trinajstić information content (AvgIpc) is 2.08. The number of ether oxygens (including phenoxy) is 1. The number of halogens is 1. The normalized spacial score (nSPS) is 9.69. The molecule has 0 aliphatic heterocycles. The highest BCUT2D eigenvalue weighted by Crippen LogP contribution is 2.20. The van der Waals surface area contributed by atoms with E-state index in [-0.39, 0.29) is 17.2 Å². The van der Waals surface area contributed by atoms with E-state index in [1.54, 1.807) is 18.2 Å². The predicted octanol–water partition coefficient (Wildman–Crippen LogP) is 1.66. The number of hydrogen-bond acceptors (Lipinski definition) is 2. The minimum atomic E-state index is -0.391. The minimum Gasteiger partial charge on any atom is -0.494 e. The van der Waals surface area contributed by atoms with Crippen molar-refractivity contribution in [1.82, 2.24) is 0 Å². The van der Waals surface area contributed by atoms with Gasteiger partial charge in [-0.15, -0.1) is 0 Å². The fraction of sp³-hybridized carbons (Fsp3) is 0.222. The Hall–Kier alpha value is -1.16. The fourth-order valence-corrected chi connectivity index (χ4v) is 1.19. The van der Waals surface area contributed by atoms with Gasteiger partial charge in [0.05, 0.1) is 12.1 Å². The Kier molecular flexibility index (Phi) is 3.19. The van der Waals surface area contributed by atoms with Crippen LogP contribution in [0.4, 0.5) is 4.39 Å². The molecule has 0 atom stereocenters. The molecule has 2 nitrogen and oxygen atoms in total. The van der Waals surface area contributed by atoms with E-state index < -0.39 is 5.82 Å². The van der Waals surface area contributed by atoms with Gasteiger partial charge in [0.2, 0.25) is 0 Å². The zero-order chi connectivity index (χ0) is 9.84. The van der Waals surface area contributed by atoms with Gasteiger partial charge in [-0.3, -0.25) is 0 Å². The number of rotatable bonds is 3. The molecule has 2 N–H and O–H groups in total. The third-order valence-corrected chi connectivity index (χ3v) is 1.77. The first-order valence-corrected chi connectivity index (χ1v) is 4.15. The van der Waals surface area contributed by atoms with Crippen molar-refractivity contribution in [2.45, 2.75) is 6.42 Å². The van der Waals surface area contributed by atoms with Crippen molar-refractivity contribution in [3.8, 4) is 5.75 Å². The molecule has 0 radical (unpaired) electrons. The Labute approximate surface area is 81.5 Å². The van der Waals surface area contributed by atoms with E-state index in [0.717, 1.165) is 0 Å². The van der Waals surface area contributed by atoms with Crippen molar-refractivity contribution in [2.24, 2.45) is 5.73 Å². The molecule has 0 fully saturated rings. The maximum Gasteiger partial charge on any atom is 0.168 e. The van der Waals surface area contributed by atoms with Gasteiger partial charge < -0.3 is 10.5 Å². The molecule has 0 heterocycles. The second-order valence-corrected chi connectivity index (χ2v) is 3.10. The lowest BCUT2D eigenvalue weighted by molar-refractivity contribution is 0.385. The molecule has 13 heavy (non-hydrogen) atoms. The molecule has 0 aliphatic carbocycles. The molecule has 4 heteroatoms. The van der Waals surface area contributed by atoms with Gasteiger partial charge in [-0.05, 0) is 11.6 Å². The van der Waals surface area contributed by atoms with Gasteiger partial charge in [0, 0.05) is 6.42 Å². The van der Waals surface area contributed by atoms with Gasteiger partial charge in [0.15, 0.2) is 11.6 Å². The molecular formula is C9H10FNOS. The van der Waals surface area contributed by atoms with Crippen LogP contribution in [0.3, 0.4) is 0 Å². The van der Waals surface area contributed by atoms with E-state index in [2.05, 4.69) is 12.2 Å². The number of thiocarbonyl (C=S) groups is 1. The summed E-state index contributed by atoms with van der Waals surface area (Å²) < 4.78 is 18.2. The molecule has 0 bridgehead atoms. The third-order valence-electron chi connectivity index (χ3n) is 1.63. The van der Waals surface area contributed by atoms with E-state index >= 15 is 0 Å². The number of hydrogen-bond donors (Lipinski definition) is 1. The second kappa shape index (κ2) is 4.18. The number of nitrogens with two attached hydrogens (primary N) is 1. The molecule has 70 valence electrons. The molecule has 0 aromatic heterocycles. The van der Waals surface area contributed by atoms with E-state index in [1.165, 1.54) is 7.11 Å². The molecule has 0 aliphatic rings. The molecule has 1 aromatic rings. The largest absolute Gasteiger partial charge is 0.494 e. The number of methoxy groups -OCH3 is 1. The first-order chi connectivity index (χ1) is 6.15. The van der Waals surface area contributed by atoms with Gasteiger partial charge in [-0.25, -0.2) is 4.39 Å². The second-order valence-electron chi connectivity index (χ2n) is 2.58. The Balaban J connectivity index is 3.01. The third kappa shape index (κ3) is 2.39. The lowest BCUT2D eigenvalue weighted by Crippen LogP contribution is -2.12. The van der Waals surface area contributed by atoms with E-state index in [4.69, 9.17) is 10.5 Å². The summed E-state index contributed by atoms with van der Waals surface area (Å²) >= 11 is 4.69. The number of benzene rings is 1. The minimum absolute atomic E-state index is 0.216. The van der Waals surface area contributed by atoms with E-state index in [1.807, 2.05) is 0 Å². The fourth-order valence-electron chi connectivity index (χ4n) is 1.04. The average molecular weight is 199 g/mol. The standard InChI is InChI=1S/C9H10FNOS/c1-12-7-4-2-3-6(9(7)10)5-8(11)13/h2-4H,5H2,1H3,(H2,11,13). The van der Waals surface area contributed by atoms with Crippen LogP contribution < -0.4 is 10.5 Å². The molecule has 1 rings (SSSR count). The maximum atomic E-state index is 13.4. The Morgan fingerprint density at radius 3 is 2.85 bits per heavy atom. The van der Waals surface area contributed by atoms with Gasteiger partial charge in [0.1, 0.15) is 0 Å². The summed E-state index contributed by atoms with van der Waals surface area (Å²) in [6.07, 6.45) is 0.262.